The van der Waals surface area contributed by atoms with E-state index in [1.807, 2.05) is 18.2 Å². The third-order valence-corrected chi connectivity index (χ3v) is 33.3. The molecule has 0 N–H and O–H groups in total. The molecule has 8 saturated carbocycles. The molecule has 4 saturated heterocycles. The van der Waals surface area contributed by atoms with Crippen LogP contribution in [0.5, 0.6) is 46.0 Å². The molecule has 12 fully saturated rings. The first kappa shape index (κ1) is 68.8. The highest BCUT2D eigenvalue weighted by Gasteiger charge is 2.72. The Bertz CT molecular complexity index is 4350. The van der Waals surface area contributed by atoms with Gasteiger partial charge in [-0.2, -0.15) is 0 Å². The second kappa shape index (κ2) is 25.3. The Kier molecular flexibility index (Phi) is 16.1. The third kappa shape index (κ3) is 9.71. The van der Waals surface area contributed by atoms with Crippen molar-refractivity contribution < 1.29 is 55.5 Å². The summed E-state index contributed by atoms with van der Waals surface area (Å²) < 4.78 is 108. The maximum Gasteiger partial charge on any atom is 0.165 e. The monoisotopic (exact) mass is 1480 g/mol. The van der Waals surface area contributed by atoms with Gasteiger partial charge in [-0.1, -0.05) is 54.6 Å². The highest BCUT2D eigenvalue weighted by molar-refractivity contribution is 5.65. The Morgan fingerprint density at radius 3 is 1.10 bits per heavy atom. The van der Waals surface area contributed by atoms with Gasteiger partial charge in [0.1, 0.15) is 49.1 Å². The van der Waals surface area contributed by atoms with E-state index in [0.29, 0.717) is 85.6 Å². The molecule has 20 aliphatic rings. The number of hydrogen-bond acceptors (Lipinski definition) is 12. The quantitative estimate of drug-likeness (QED) is 0.105. The van der Waals surface area contributed by atoms with Crippen molar-refractivity contribution in [3.8, 4) is 46.0 Å². The van der Waals surface area contributed by atoms with Crippen molar-refractivity contribution in [2.45, 2.75) is 293 Å². The normalized spacial score (nSPS) is 39.7. The summed E-state index contributed by atoms with van der Waals surface area (Å²) in [7, 11) is 6.77. The first-order valence-electron chi connectivity index (χ1n) is 42.9. The number of piperidine rings is 4. The van der Waals surface area contributed by atoms with Crippen LogP contribution in [0.3, 0.4) is 0 Å². The van der Waals surface area contributed by atoms with Crippen molar-refractivity contribution in [1.82, 2.24) is 19.6 Å². The molecule has 8 aliphatic heterocycles. The molecule has 10 unspecified atom stereocenters. The van der Waals surface area contributed by atoms with Gasteiger partial charge in [0.2, 0.25) is 0 Å². The van der Waals surface area contributed by atoms with Crippen molar-refractivity contribution in [1.29, 1.82) is 0 Å². The molecule has 25 rings (SSSR count). The van der Waals surface area contributed by atoms with E-state index in [2.05, 4.69) is 94.1 Å². The lowest BCUT2D eigenvalue weighted by Gasteiger charge is -2.60. The van der Waals surface area contributed by atoms with Gasteiger partial charge >= 0.3 is 0 Å². The average Bonchev–Trinajstić information content (AvgIpc) is 1.51. The number of ether oxygens (including phenoxy) is 8. The van der Waals surface area contributed by atoms with Gasteiger partial charge in [0, 0.05) is 92.2 Å². The maximum absolute atomic E-state index is 15.2. The van der Waals surface area contributed by atoms with E-state index in [0.717, 1.165) is 185 Å². The summed E-state index contributed by atoms with van der Waals surface area (Å²) in [5, 5.41) is 0. The molecule has 0 amide bonds. The van der Waals surface area contributed by atoms with E-state index >= 15 is 13.2 Å². The summed E-state index contributed by atoms with van der Waals surface area (Å²) in [6.07, 6.45) is 22.5. The Labute approximate surface area is 636 Å². The smallest absolute Gasteiger partial charge is 0.165 e. The van der Waals surface area contributed by atoms with Crippen molar-refractivity contribution in [3.05, 3.63) is 129 Å². The van der Waals surface area contributed by atoms with Crippen LogP contribution < -0.4 is 37.9 Å². The van der Waals surface area contributed by atoms with Crippen molar-refractivity contribution in [2.75, 3.05) is 54.6 Å². The molecule has 16 heteroatoms. The van der Waals surface area contributed by atoms with Gasteiger partial charge in [0.25, 0.3) is 0 Å². The van der Waals surface area contributed by atoms with Gasteiger partial charge < -0.3 is 37.9 Å². The lowest BCUT2D eigenvalue weighted by Crippen LogP contribution is -2.68. The van der Waals surface area contributed by atoms with Crippen LogP contribution in [-0.4, -0.2) is 172 Å². The zero-order valence-electron chi connectivity index (χ0n) is 64.4. The first-order valence-corrected chi connectivity index (χ1v) is 42.9. The van der Waals surface area contributed by atoms with Crippen LogP contribution in [0.25, 0.3) is 0 Å². The van der Waals surface area contributed by atoms with E-state index in [1.165, 1.54) is 101 Å². The number of likely N-dealkylation sites (tertiary alicyclic amines) is 4. The second-order valence-corrected chi connectivity index (χ2v) is 37.7. The molecular formula is C92H112F4N4O8. The SMILES string of the molecule is COc1ccc2c3c1O[C@@H]1C(F)CCC4[C@H](C2)N(C(C)C2CC2)CC[C@]341.COc1ccc2c3c1O[C@@H]1C(F)CCC4[C@H](C2)N(C(C)Cc2ccccc2)CC[C@]341.COc1ccc2c3c1O[C@@H]1C(F)CCC4[C@H](C2)N(C(C2CC2)C2CC2)CC[C@]341.COc1ccc2c3c1O[C@@H]1C(F)CCC4[C@H](C2)N(C2CC2)CC[C@]341. The number of alkyl halides is 4. The van der Waals surface area contributed by atoms with Gasteiger partial charge in [0.15, 0.2) is 46.0 Å². The number of rotatable bonds is 13. The fourth-order valence-electron chi connectivity index (χ4n) is 28.7. The minimum absolute atomic E-state index is 0.106. The van der Waals surface area contributed by atoms with Crippen LogP contribution in [0.4, 0.5) is 17.6 Å². The summed E-state index contributed by atoms with van der Waals surface area (Å²) >= 11 is 0. The van der Waals surface area contributed by atoms with Crippen LogP contribution in [-0.2, 0) is 53.8 Å². The number of nitrogens with zero attached hydrogens (tertiary/aromatic N) is 4. The first-order chi connectivity index (χ1) is 52.7. The molecule has 22 atom stereocenters. The average molecular weight is 1480 g/mol. The van der Waals surface area contributed by atoms with E-state index in [9.17, 15) is 4.39 Å². The largest absolute Gasteiger partial charge is 0.493 e. The number of hydrogen-bond donors (Lipinski definition) is 0. The molecular weight excluding hydrogens is 1370 g/mol. The summed E-state index contributed by atoms with van der Waals surface area (Å²) in [6, 6.07) is 32.7. The van der Waals surface area contributed by atoms with Crippen molar-refractivity contribution in [2.24, 2.45) is 41.4 Å². The Balaban J connectivity index is 0.0000000896. The standard InChI is InChI=1S/C26H30FNO2.C24H30FNO2.C22H28FNO2.C20H24FNO2/c1-16(14-17-6-4-3-5-7-17)28-13-12-26-19-9-10-20(27)25(26)30-24-22(29-2)11-8-18(23(24)26)15-21(19)28;1-27-19-9-6-15-12-18-16-7-8-17(25)23-24(16,20(15)22(19)28-23)10-11-26(18)21(13-2-3-13)14-4-5-14;1-12(13-3-4-13)24-10-9-22-15-6-7-16(23)21(22)26-20-18(25-2)8-5-14(19(20)22)11-17(15)24;1-23-16-7-2-11-10-15-13-5-6-14(21)19-20(13,17(11)18(16)24-19)8-9-22(15)12-3-4-12/h3-8,11,16,19-21,25H,9-10,12-15H2,1-2H3;6,9,13-14,16-18,21,23H,2-5,7-8,10-12H2,1H3;5,8,12-13,15-17,21H,3-4,6-7,9-11H2,1-2H3;2,7,12-15,19H,3-6,8-10H2,1H3/t16?,19?,20?,21-,25+,26+;16?,17?,18-,23+,24+;12?,15?,16?,17-,21+,22+;13?,14?,15-,19+,20+/m0000/s1. The van der Waals surface area contributed by atoms with E-state index in [4.69, 9.17) is 37.9 Å². The zero-order chi connectivity index (χ0) is 72.8. The van der Waals surface area contributed by atoms with Gasteiger partial charge in [-0.3, -0.25) is 19.6 Å². The Hall–Kier alpha value is -5.94. The Morgan fingerprint density at radius 2 is 0.722 bits per heavy atom. The molecule has 0 aromatic heterocycles. The molecule has 5 aromatic carbocycles. The predicted molar refractivity (Wildman–Crippen MR) is 406 cm³/mol. The molecule has 12 nitrogen and oxygen atoms in total. The molecule has 8 heterocycles. The van der Waals surface area contributed by atoms with E-state index in [1.54, 1.807) is 28.4 Å². The van der Waals surface area contributed by atoms with Crippen LogP contribution >= 0.6 is 0 Å². The lowest BCUT2D eigenvalue weighted by atomic mass is 9.51. The van der Waals surface area contributed by atoms with Crippen LogP contribution in [0, 0.1) is 41.4 Å². The fourth-order valence-corrected chi connectivity index (χ4v) is 28.7. The molecule has 108 heavy (non-hydrogen) atoms. The highest BCUT2D eigenvalue weighted by Crippen LogP contribution is 2.70. The lowest BCUT2D eigenvalue weighted by molar-refractivity contribution is -0.0975. The minimum Gasteiger partial charge on any atom is -0.493 e. The topological polar surface area (TPSA) is 86.8 Å². The maximum atomic E-state index is 15.2. The molecule has 0 radical (unpaired) electrons. The van der Waals surface area contributed by atoms with Crippen LogP contribution in [0.2, 0.25) is 0 Å². The van der Waals surface area contributed by atoms with Gasteiger partial charge in [0.05, 0.1) is 28.4 Å². The minimum atomic E-state index is -0.891. The number of halogens is 4. The van der Waals surface area contributed by atoms with Crippen LogP contribution in [0.1, 0.15) is 192 Å². The van der Waals surface area contributed by atoms with Crippen LogP contribution in [0.15, 0.2) is 78.9 Å². The van der Waals surface area contributed by atoms with E-state index < -0.39 is 24.7 Å². The molecule has 576 valence electrons. The highest BCUT2D eigenvalue weighted by atomic mass is 19.1. The number of methoxy groups -OCH3 is 4. The summed E-state index contributed by atoms with van der Waals surface area (Å²) in [5.74, 6) is 11.4. The second-order valence-electron chi connectivity index (χ2n) is 37.7. The van der Waals surface area contributed by atoms with Crippen molar-refractivity contribution in [3.63, 3.8) is 0 Å². The summed E-state index contributed by atoms with van der Waals surface area (Å²) in [5.41, 5.74) is 11.6. The van der Waals surface area contributed by atoms with Crippen molar-refractivity contribution >= 4 is 0 Å². The molecule has 5 aromatic rings. The molecule has 4 spiro atoms. The van der Waals surface area contributed by atoms with Gasteiger partial charge in [-0.05, 0) is 294 Å². The molecule has 8 bridgehead atoms. The fraction of sp³-hybridized carbons (Fsp3) is 0.674. The third-order valence-electron chi connectivity index (χ3n) is 33.3. The Morgan fingerprint density at radius 1 is 0.380 bits per heavy atom. The summed E-state index contributed by atoms with van der Waals surface area (Å²) in [4.78, 5) is 11.2. The summed E-state index contributed by atoms with van der Waals surface area (Å²) in [6.45, 7) is 9.12. The van der Waals surface area contributed by atoms with Gasteiger partial charge in [-0.15, -0.1) is 0 Å². The number of benzene rings is 5. The zero-order valence-corrected chi connectivity index (χ0v) is 64.4. The predicted octanol–water partition coefficient (Wildman–Crippen LogP) is 16.1. The van der Waals surface area contributed by atoms with E-state index in [-0.39, 0.29) is 46.1 Å². The molecule has 12 aliphatic carbocycles. The van der Waals surface area contributed by atoms with Gasteiger partial charge in [-0.25, -0.2) is 17.6 Å².